The van der Waals surface area contributed by atoms with Crippen molar-refractivity contribution in [3.63, 3.8) is 0 Å². The Hall–Kier alpha value is -2.30. The first kappa shape index (κ1) is 13.7. The molecule has 1 aliphatic carbocycles. The second kappa shape index (κ2) is 5.24. The summed E-state index contributed by atoms with van der Waals surface area (Å²) in [5, 5.41) is 9.77. The third-order valence-electron chi connectivity index (χ3n) is 3.94. The fourth-order valence-electron chi connectivity index (χ4n) is 2.72. The number of rotatable bonds is 5. The lowest BCUT2D eigenvalue weighted by Crippen LogP contribution is -2.34. The van der Waals surface area contributed by atoms with Crippen LogP contribution in [0.1, 0.15) is 29.6 Å². The van der Waals surface area contributed by atoms with Gasteiger partial charge >= 0.3 is 5.97 Å². The first-order valence-corrected chi connectivity index (χ1v) is 7.14. The van der Waals surface area contributed by atoms with Crippen molar-refractivity contribution in [3.8, 4) is 0 Å². The highest BCUT2D eigenvalue weighted by molar-refractivity contribution is 6.07. The lowest BCUT2D eigenvalue weighted by Gasteiger charge is -2.21. The number of para-hydroxylation sites is 1. The second-order valence-corrected chi connectivity index (χ2v) is 5.54. The third kappa shape index (κ3) is 2.63. The molecule has 3 rings (SSSR count). The predicted octanol–water partition coefficient (Wildman–Crippen LogP) is 2.26. The van der Waals surface area contributed by atoms with Crippen LogP contribution in [-0.4, -0.2) is 39.0 Å². The molecule has 0 spiro atoms. The molecule has 2 aromatic rings. The third-order valence-corrected chi connectivity index (χ3v) is 3.94. The molecular weight excluding hydrogens is 268 g/mol. The number of amides is 1. The number of hydrogen-bond acceptors (Lipinski definition) is 2. The molecule has 0 aliphatic heterocycles. The molecule has 1 fully saturated rings. The topological polar surface area (TPSA) is 62.5 Å². The van der Waals surface area contributed by atoms with Gasteiger partial charge in [-0.2, -0.15) is 0 Å². The first-order chi connectivity index (χ1) is 10.1. The number of benzene rings is 1. The predicted molar refractivity (Wildman–Crippen MR) is 79.2 cm³/mol. The number of carboxylic acids is 1. The summed E-state index contributed by atoms with van der Waals surface area (Å²) in [6.07, 6.45) is 3.77. The summed E-state index contributed by atoms with van der Waals surface area (Å²) in [6, 6.07) is 7.98. The van der Waals surface area contributed by atoms with Gasteiger partial charge in [0.25, 0.3) is 5.91 Å². The van der Waals surface area contributed by atoms with Gasteiger partial charge in [0.05, 0.1) is 12.0 Å². The van der Waals surface area contributed by atoms with Crippen LogP contribution in [0.3, 0.4) is 0 Å². The molecule has 1 N–H and O–H groups in total. The van der Waals surface area contributed by atoms with E-state index < -0.39 is 5.97 Å². The zero-order chi connectivity index (χ0) is 15.0. The van der Waals surface area contributed by atoms with Gasteiger partial charge < -0.3 is 14.6 Å². The Balaban J connectivity index is 1.92. The van der Waals surface area contributed by atoms with E-state index in [1.165, 1.54) is 0 Å². The molecule has 1 amide bonds. The van der Waals surface area contributed by atoms with Gasteiger partial charge in [-0.1, -0.05) is 18.2 Å². The van der Waals surface area contributed by atoms with Crippen molar-refractivity contribution in [2.75, 3.05) is 6.54 Å². The zero-order valence-electron chi connectivity index (χ0n) is 12.0. The minimum atomic E-state index is -0.869. The van der Waals surface area contributed by atoms with Crippen molar-refractivity contribution < 1.29 is 14.7 Å². The second-order valence-electron chi connectivity index (χ2n) is 5.54. The average Bonchev–Trinajstić information content (AvgIpc) is 3.24. The number of nitrogens with zero attached hydrogens (tertiary/aromatic N) is 2. The zero-order valence-corrected chi connectivity index (χ0v) is 12.0. The Bertz CT molecular complexity index is 701. The van der Waals surface area contributed by atoms with Crippen LogP contribution in [0.15, 0.2) is 30.5 Å². The van der Waals surface area contributed by atoms with Crippen molar-refractivity contribution in [1.82, 2.24) is 9.47 Å². The van der Waals surface area contributed by atoms with E-state index in [9.17, 15) is 9.59 Å². The van der Waals surface area contributed by atoms with Gasteiger partial charge in [0, 0.05) is 36.7 Å². The van der Waals surface area contributed by atoms with Crippen LogP contribution in [0.2, 0.25) is 0 Å². The smallest absolute Gasteiger partial charge is 0.305 e. The standard InChI is InChI=1S/C16H18N2O3/c1-17-10-13(12-4-2-3-5-14(12)17)16(21)18(11-6-7-11)9-8-15(19)20/h2-5,10-11H,6-9H2,1H3,(H,19,20). The van der Waals surface area contributed by atoms with Crippen molar-refractivity contribution in [2.45, 2.75) is 25.3 Å². The van der Waals surface area contributed by atoms with Crippen LogP contribution < -0.4 is 0 Å². The van der Waals surface area contributed by atoms with Crippen molar-refractivity contribution in [3.05, 3.63) is 36.0 Å². The number of carboxylic acid groups (broad SMARTS) is 1. The Labute approximate surface area is 122 Å². The molecule has 0 bridgehead atoms. The molecule has 1 saturated carbocycles. The normalized spacial score (nSPS) is 14.3. The number of hydrogen-bond donors (Lipinski definition) is 1. The maximum atomic E-state index is 12.8. The van der Waals surface area contributed by atoms with Crippen LogP contribution in [0.25, 0.3) is 10.9 Å². The summed E-state index contributed by atoms with van der Waals surface area (Å²) >= 11 is 0. The largest absolute Gasteiger partial charge is 0.481 e. The average molecular weight is 286 g/mol. The summed E-state index contributed by atoms with van der Waals surface area (Å²) in [5.74, 6) is -0.929. The number of fused-ring (bicyclic) bond motifs is 1. The molecule has 1 heterocycles. The van der Waals surface area contributed by atoms with Crippen LogP contribution in [0, 0.1) is 0 Å². The SMILES string of the molecule is Cn1cc(C(=O)N(CCC(=O)O)C2CC2)c2ccccc21. The van der Waals surface area contributed by atoms with E-state index in [0.29, 0.717) is 5.56 Å². The maximum Gasteiger partial charge on any atom is 0.305 e. The molecule has 21 heavy (non-hydrogen) atoms. The van der Waals surface area contributed by atoms with E-state index in [1.807, 2.05) is 42.1 Å². The Kier molecular flexibility index (Phi) is 3.41. The Morgan fingerprint density at radius 3 is 2.71 bits per heavy atom. The van der Waals surface area contributed by atoms with E-state index >= 15 is 0 Å². The molecule has 0 unspecified atom stereocenters. The highest BCUT2D eigenvalue weighted by Gasteiger charge is 2.34. The summed E-state index contributed by atoms with van der Waals surface area (Å²) in [7, 11) is 1.91. The minimum absolute atomic E-state index is 0.00694. The van der Waals surface area contributed by atoms with Gasteiger partial charge in [0.15, 0.2) is 0 Å². The molecule has 1 aromatic heterocycles. The van der Waals surface area contributed by atoms with Crippen molar-refractivity contribution >= 4 is 22.8 Å². The number of aryl methyl sites for hydroxylation is 1. The summed E-state index contributed by atoms with van der Waals surface area (Å²) in [5.41, 5.74) is 1.67. The highest BCUT2D eigenvalue weighted by atomic mass is 16.4. The van der Waals surface area contributed by atoms with Crippen molar-refractivity contribution in [2.24, 2.45) is 7.05 Å². The van der Waals surface area contributed by atoms with E-state index in [4.69, 9.17) is 5.11 Å². The van der Waals surface area contributed by atoms with Gasteiger partial charge in [-0.25, -0.2) is 0 Å². The van der Waals surface area contributed by atoms with Gasteiger partial charge in [-0.15, -0.1) is 0 Å². The van der Waals surface area contributed by atoms with Crippen LogP contribution in [0.5, 0.6) is 0 Å². The molecule has 1 aromatic carbocycles. The number of aromatic nitrogens is 1. The van der Waals surface area contributed by atoms with Crippen molar-refractivity contribution in [1.29, 1.82) is 0 Å². The van der Waals surface area contributed by atoms with Gasteiger partial charge in [-0.05, 0) is 18.9 Å². The fourth-order valence-corrected chi connectivity index (χ4v) is 2.72. The lowest BCUT2D eigenvalue weighted by atomic mass is 10.1. The van der Waals surface area contributed by atoms with Crippen LogP contribution in [0.4, 0.5) is 0 Å². The highest BCUT2D eigenvalue weighted by Crippen LogP contribution is 2.30. The van der Waals surface area contributed by atoms with Gasteiger partial charge in [-0.3, -0.25) is 9.59 Å². The summed E-state index contributed by atoms with van der Waals surface area (Å²) < 4.78 is 1.94. The Morgan fingerprint density at radius 1 is 1.33 bits per heavy atom. The van der Waals surface area contributed by atoms with E-state index in [1.54, 1.807) is 4.90 Å². The first-order valence-electron chi connectivity index (χ1n) is 7.14. The summed E-state index contributed by atoms with van der Waals surface area (Å²) in [4.78, 5) is 25.3. The van der Waals surface area contributed by atoms with Crippen LogP contribution in [-0.2, 0) is 11.8 Å². The van der Waals surface area contributed by atoms with E-state index in [2.05, 4.69) is 0 Å². The molecule has 1 aliphatic rings. The van der Waals surface area contributed by atoms with Crippen LogP contribution >= 0.6 is 0 Å². The molecule has 0 saturated heterocycles. The molecule has 0 atom stereocenters. The molecule has 110 valence electrons. The van der Waals surface area contributed by atoms with Gasteiger partial charge in [0.1, 0.15) is 0 Å². The van der Waals surface area contributed by atoms with Gasteiger partial charge in [0.2, 0.25) is 0 Å². The monoisotopic (exact) mass is 286 g/mol. The minimum Gasteiger partial charge on any atom is -0.481 e. The number of carbonyl (C=O) groups excluding carboxylic acids is 1. The fraction of sp³-hybridized carbons (Fsp3) is 0.375. The molecule has 5 heteroatoms. The van der Waals surface area contributed by atoms with E-state index in [-0.39, 0.29) is 24.9 Å². The Morgan fingerprint density at radius 2 is 2.05 bits per heavy atom. The molecule has 5 nitrogen and oxygen atoms in total. The molecular formula is C16H18N2O3. The summed E-state index contributed by atoms with van der Waals surface area (Å²) in [6.45, 7) is 0.280. The lowest BCUT2D eigenvalue weighted by molar-refractivity contribution is -0.137. The number of carbonyl (C=O) groups is 2. The maximum absolute atomic E-state index is 12.8. The van der Waals surface area contributed by atoms with E-state index in [0.717, 1.165) is 23.7 Å². The molecule has 0 radical (unpaired) electrons. The quantitative estimate of drug-likeness (QED) is 0.917. The number of aliphatic carboxylic acids is 1.